The average molecular weight is 329 g/mol. The van der Waals surface area contributed by atoms with Crippen LogP contribution in [0.4, 0.5) is 17.6 Å². The standard InChI is InChI=1S/C14H11F4N3S/c15-8-4-2-1-3-7(8)10-5-9(16)12-19-13(20-21(10)12)22-11-6-14(11,17)18/h1-4,9-11H,5-6H2/t9-,10-,11?/m0/s1. The van der Waals surface area contributed by atoms with Crippen LogP contribution in [0.2, 0.25) is 0 Å². The molecule has 0 saturated heterocycles. The minimum absolute atomic E-state index is 0.0564. The number of rotatable bonds is 3. The molecular formula is C14H11F4N3S. The zero-order chi connectivity index (χ0) is 15.5. The number of hydrogen-bond acceptors (Lipinski definition) is 3. The van der Waals surface area contributed by atoms with Crippen molar-refractivity contribution >= 4 is 11.8 Å². The van der Waals surface area contributed by atoms with Crippen molar-refractivity contribution in [2.45, 2.75) is 41.4 Å². The molecule has 22 heavy (non-hydrogen) atoms. The van der Waals surface area contributed by atoms with Crippen molar-refractivity contribution in [2.24, 2.45) is 0 Å². The van der Waals surface area contributed by atoms with Gasteiger partial charge in [-0.05, 0) is 6.07 Å². The number of nitrogens with zero attached hydrogens (tertiary/aromatic N) is 3. The molecule has 1 fully saturated rings. The van der Waals surface area contributed by atoms with E-state index in [0.717, 1.165) is 11.8 Å². The zero-order valence-electron chi connectivity index (χ0n) is 11.2. The van der Waals surface area contributed by atoms with E-state index in [-0.39, 0.29) is 23.8 Å². The van der Waals surface area contributed by atoms with E-state index >= 15 is 0 Å². The van der Waals surface area contributed by atoms with Gasteiger partial charge in [0, 0.05) is 18.4 Å². The number of fused-ring (bicyclic) bond motifs is 1. The van der Waals surface area contributed by atoms with Crippen LogP contribution in [-0.4, -0.2) is 25.9 Å². The van der Waals surface area contributed by atoms with Crippen LogP contribution in [0.15, 0.2) is 29.4 Å². The number of halogens is 4. The second-order valence-corrected chi connectivity index (χ2v) is 6.68. The summed E-state index contributed by atoms with van der Waals surface area (Å²) in [5, 5.41) is 3.39. The van der Waals surface area contributed by atoms with Crippen molar-refractivity contribution < 1.29 is 17.6 Å². The smallest absolute Gasteiger partial charge is 0.239 e. The van der Waals surface area contributed by atoms with Gasteiger partial charge in [0.1, 0.15) is 5.82 Å². The van der Waals surface area contributed by atoms with Crippen LogP contribution < -0.4 is 0 Å². The minimum atomic E-state index is -2.69. The van der Waals surface area contributed by atoms with Gasteiger partial charge < -0.3 is 0 Å². The maximum atomic E-state index is 14.1. The Morgan fingerprint density at radius 3 is 2.68 bits per heavy atom. The van der Waals surface area contributed by atoms with Gasteiger partial charge >= 0.3 is 0 Å². The summed E-state index contributed by atoms with van der Waals surface area (Å²) in [6.45, 7) is 0. The van der Waals surface area contributed by atoms with Gasteiger partial charge in [-0.15, -0.1) is 5.10 Å². The molecule has 1 aromatic heterocycles. The van der Waals surface area contributed by atoms with Crippen molar-refractivity contribution in [3.63, 3.8) is 0 Å². The molecule has 116 valence electrons. The molecule has 3 nitrogen and oxygen atoms in total. The van der Waals surface area contributed by atoms with Crippen LogP contribution in [0.25, 0.3) is 0 Å². The molecule has 1 aliphatic carbocycles. The third kappa shape index (κ3) is 2.20. The van der Waals surface area contributed by atoms with Crippen molar-refractivity contribution in [3.8, 4) is 0 Å². The van der Waals surface area contributed by atoms with Gasteiger partial charge in [0.25, 0.3) is 5.92 Å². The third-order valence-corrected chi connectivity index (χ3v) is 5.10. The number of benzene rings is 1. The van der Waals surface area contributed by atoms with Crippen molar-refractivity contribution in [3.05, 3.63) is 41.5 Å². The SMILES string of the molecule is Fc1ccccc1[C@@H]1C[C@H](F)c2nc(SC3CC3(F)F)nn21. The van der Waals surface area contributed by atoms with Gasteiger partial charge in [-0.25, -0.2) is 27.2 Å². The highest BCUT2D eigenvalue weighted by molar-refractivity contribution is 8.00. The first kappa shape index (κ1) is 14.0. The predicted molar refractivity (Wildman–Crippen MR) is 72.2 cm³/mol. The Labute approximate surface area is 127 Å². The quantitative estimate of drug-likeness (QED) is 0.800. The Morgan fingerprint density at radius 1 is 1.27 bits per heavy atom. The predicted octanol–water partition coefficient (Wildman–Crippen LogP) is 3.92. The Bertz CT molecular complexity index is 733. The molecule has 0 N–H and O–H groups in total. The summed E-state index contributed by atoms with van der Waals surface area (Å²) in [6, 6.07) is 5.51. The highest BCUT2D eigenvalue weighted by atomic mass is 32.2. The molecule has 4 rings (SSSR count). The zero-order valence-corrected chi connectivity index (χ0v) is 12.0. The number of aromatic nitrogens is 3. The van der Waals surface area contributed by atoms with E-state index in [0.29, 0.717) is 5.56 Å². The number of alkyl halides is 3. The first-order chi connectivity index (χ1) is 10.5. The van der Waals surface area contributed by atoms with Gasteiger partial charge in [0.2, 0.25) is 5.16 Å². The fourth-order valence-electron chi connectivity index (χ4n) is 2.66. The first-order valence-corrected chi connectivity index (χ1v) is 7.73. The molecule has 1 saturated carbocycles. The van der Waals surface area contributed by atoms with Gasteiger partial charge in [-0.3, -0.25) is 0 Å². The lowest BCUT2D eigenvalue weighted by atomic mass is 10.0. The van der Waals surface area contributed by atoms with Crippen LogP contribution in [-0.2, 0) is 0 Å². The number of thioether (sulfide) groups is 1. The molecule has 0 radical (unpaired) electrons. The summed E-state index contributed by atoms with van der Waals surface area (Å²) in [6.07, 6.45) is -1.52. The topological polar surface area (TPSA) is 30.7 Å². The lowest BCUT2D eigenvalue weighted by Gasteiger charge is -2.12. The molecule has 0 bridgehead atoms. The average Bonchev–Trinajstić information content (AvgIpc) is 2.81. The Kier molecular flexibility index (Phi) is 3.01. The van der Waals surface area contributed by atoms with Crippen molar-refractivity contribution in [1.82, 2.24) is 14.8 Å². The molecule has 3 atom stereocenters. The van der Waals surface area contributed by atoms with E-state index in [4.69, 9.17) is 0 Å². The monoisotopic (exact) mass is 329 g/mol. The molecular weight excluding hydrogens is 318 g/mol. The van der Waals surface area contributed by atoms with Crippen molar-refractivity contribution in [1.29, 1.82) is 0 Å². The fraction of sp³-hybridized carbons (Fsp3) is 0.429. The molecule has 2 aliphatic rings. The van der Waals surface area contributed by atoms with Crippen LogP contribution in [0.3, 0.4) is 0 Å². The van der Waals surface area contributed by atoms with E-state index < -0.39 is 29.2 Å². The Hall–Kier alpha value is -1.57. The second-order valence-electron chi connectivity index (χ2n) is 5.51. The molecule has 0 spiro atoms. The van der Waals surface area contributed by atoms with E-state index in [1.54, 1.807) is 18.2 Å². The summed E-state index contributed by atoms with van der Waals surface area (Å²) in [5.74, 6) is -3.05. The number of hydrogen-bond donors (Lipinski definition) is 0. The lowest BCUT2D eigenvalue weighted by Crippen LogP contribution is -2.09. The summed E-state index contributed by atoms with van der Waals surface area (Å²) < 4.78 is 55.2. The van der Waals surface area contributed by atoms with Gasteiger partial charge in [0.15, 0.2) is 12.0 Å². The molecule has 0 amide bonds. The Balaban J connectivity index is 1.65. The normalized spacial score (nSPS) is 28.6. The molecule has 1 aromatic carbocycles. The fourth-order valence-corrected chi connectivity index (χ4v) is 3.67. The molecule has 2 heterocycles. The second kappa shape index (κ2) is 4.71. The van der Waals surface area contributed by atoms with Crippen LogP contribution in [0, 0.1) is 5.82 Å². The lowest BCUT2D eigenvalue weighted by molar-refractivity contribution is 0.122. The van der Waals surface area contributed by atoms with Gasteiger partial charge in [-0.2, -0.15) is 0 Å². The summed E-state index contributed by atoms with van der Waals surface area (Å²) >= 11 is 0.851. The highest BCUT2D eigenvalue weighted by Crippen LogP contribution is 2.52. The van der Waals surface area contributed by atoms with E-state index in [2.05, 4.69) is 10.1 Å². The van der Waals surface area contributed by atoms with Crippen LogP contribution in [0.1, 0.15) is 36.4 Å². The maximum absolute atomic E-state index is 14.1. The van der Waals surface area contributed by atoms with E-state index in [1.165, 1.54) is 10.7 Å². The summed E-state index contributed by atoms with van der Waals surface area (Å²) in [7, 11) is 0. The van der Waals surface area contributed by atoms with Crippen molar-refractivity contribution in [2.75, 3.05) is 0 Å². The molecule has 2 aromatic rings. The molecule has 1 aliphatic heterocycles. The van der Waals surface area contributed by atoms with Crippen LogP contribution >= 0.6 is 11.8 Å². The summed E-state index contributed by atoms with van der Waals surface area (Å²) in [5.41, 5.74) is 0.335. The molecule has 1 unspecified atom stereocenters. The molecule has 8 heteroatoms. The van der Waals surface area contributed by atoms with E-state index in [1.807, 2.05) is 0 Å². The van der Waals surface area contributed by atoms with Gasteiger partial charge in [0.05, 0.1) is 11.3 Å². The first-order valence-electron chi connectivity index (χ1n) is 6.85. The maximum Gasteiger partial charge on any atom is 0.261 e. The minimum Gasteiger partial charge on any atom is -0.239 e. The Morgan fingerprint density at radius 2 is 2.00 bits per heavy atom. The highest BCUT2D eigenvalue weighted by Gasteiger charge is 2.58. The summed E-state index contributed by atoms with van der Waals surface area (Å²) in [4.78, 5) is 4.01. The van der Waals surface area contributed by atoms with E-state index in [9.17, 15) is 17.6 Å². The van der Waals surface area contributed by atoms with Crippen LogP contribution in [0.5, 0.6) is 0 Å². The van der Waals surface area contributed by atoms with Gasteiger partial charge in [-0.1, -0.05) is 30.0 Å². The largest absolute Gasteiger partial charge is 0.261 e. The third-order valence-electron chi connectivity index (χ3n) is 3.92.